The number of ketones is 1. The number of aliphatic hydroxyl groups excluding tert-OH is 1. The summed E-state index contributed by atoms with van der Waals surface area (Å²) >= 11 is 0. The Kier molecular flexibility index (Phi) is 6.15. The molecule has 6 nitrogen and oxygen atoms in total. The second-order valence-corrected chi connectivity index (χ2v) is 7.87. The number of amides is 1. The lowest BCUT2D eigenvalue weighted by atomic mass is 9.94. The van der Waals surface area contributed by atoms with Gasteiger partial charge in [0.05, 0.1) is 18.2 Å². The van der Waals surface area contributed by atoms with Crippen LogP contribution < -0.4 is 4.74 Å². The Morgan fingerprint density at radius 3 is 2.40 bits per heavy atom. The van der Waals surface area contributed by atoms with E-state index in [-0.39, 0.29) is 28.7 Å². The number of nitrogens with zero attached hydrogens (tertiary/aromatic N) is 1. The van der Waals surface area contributed by atoms with Gasteiger partial charge in [0, 0.05) is 12.1 Å². The van der Waals surface area contributed by atoms with Crippen molar-refractivity contribution in [3.63, 3.8) is 0 Å². The molecular formula is C24H27NO5. The van der Waals surface area contributed by atoms with E-state index < -0.39 is 17.7 Å². The van der Waals surface area contributed by atoms with Crippen LogP contribution in [0.3, 0.4) is 0 Å². The van der Waals surface area contributed by atoms with Gasteiger partial charge in [-0.05, 0) is 37.5 Å². The van der Waals surface area contributed by atoms with Crippen molar-refractivity contribution >= 4 is 17.4 Å². The van der Waals surface area contributed by atoms with Crippen LogP contribution in [0.4, 0.5) is 0 Å². The van der Waals surface area contributed by atoms with E-state index >= 15 is 0 Å². The Morgan fingerprint density at radius 1 is 1.13 bits per heavy atom. The molecule has 158 valence electrons. The third-order valence-corrected chi connectivity index (χ3v) is 5.03. The van der Waals surface area contributed by atoms with Gasteiger partial charge in [0.15, 0.2) is 11.5 Å². The maximum Gasteiger partial charge on any atom is 0.295 e. The molecule has 0 spiro atoms. The Bertz CT molecular complexity index is 991. The standard InChI is InChI=1S/C24H27NO5/c1-5-30-19-12-17(10-11-18(19)26)21-20(22(27)16-8-6-15(4)7-9-16)23(28)24(29)25(21)13-14(2)3/h6-12,14,21,26-27H,5,13H2,1-4H3/t21-/m0/s1. The monoisotopic (exact) mass is 409 g/mol. The van der Waals surface area contributed by atoms with E-state index in [2.05, 4.69) is 0 Å². The molecule has 1 aliphatic heterocycles. The summed E-state index contributed by atoms with van der Waals surface area (Å²) in [5, 5.41) is 21.1. The minimum absolute atomic E-state index is 0.0278. The first-order chi connectivity index (χ1) is 14.2. The van der Waals surface area contributed by atoms with Gasteiger partial charge >= 0.3 is 0 Å². The topological polar surface area (TPSA) is 87.1 Å². The van der Waals surface area contributed by atoms with Gasteiger partial charge in [-0.2, -0.15) is 0 Å². The number of phenols is 1. The quantitative estimate of drug-likeness (QED) is 0.425. The van der Waals surface area contributed by atoms with Crippen molar-refractivity contribution in [2.75, 3.05) is 13.2 Å². The lowest BCUT2D eigenvalue weighted by molar-refractivity contribution is -0.140. The lowest BCUT2D eigenvalue weighted by Crippen LogP contribution is -2.33. The number of aryl methyl sites for hydroxylation is 1. The fourth-order valence-electron chi connectivity index (χ4n) is 3.65. The van der Waals surface area contributed by atoms with Crippen LogP contribution in [0.15, 0.2) is 48.0 Å². The number of carbonyl (C=O) groups is 2. The summed E-state index contributed by atoms with van der Waals surface area (Å²) < 4.78 is 5.48. The average Bonchev–Trinajstić information content (AvgIpc) is 2.94. The van der Waals surface area contributed by atoms with Gasteiger partial charge in [-0.15, -0.1) is 0 Å². The van der Waals surface area contributed by atoms with Crippen molar-refractivity contribution in [3.05, 3.63) is 64.7 Å². The molecule has 1 saturated heterocycles. The molecule has 0 bridgehead atoms. The largest absolute Gasteiger partial charge is 0.507 e. The van der Waals surface area contributed by atoms with Crippen LogP contribution in [-0.4, -0.2) is 40.0 Å². The Morgan fingerprint density at radius 2 is 1.80 bits per heavy atom. The van der Waals surface area contributed by atoms with Crippen LogP contribution in [0.2, 0.25) is 0 Å². The molecular weight excluding hydrogens is 382 g/mol. The molecule has 30 heavy (non-hydrogen) atoms. The molecule has 2 aromatic carbocycles. The maximum atomic E-state index is 13.0. The first-order valence-corrected chi connectivity index (χ1v) is 10.1. The summed E-state index contributed by atoms with van der Waals surface area (Å²) in [6.07, 6.45) is 0. The summed E-state index contributed by atoms with van der Waals surface area (Å²) in [5.74, 6) is -1.22. The highest BCUT2D eigenvalue weighted by atomic mass is 16.5. The molecule has 0 unspecified atom stereocenters. The van der Waals surface area contributed by atoms with E-state index in [1.165, 1.54) is 11.0 Å². The van der Waals surface area contributed by atoms with Crippen molar-refractivity contribution in [2.24, 2.45) is 5.92 Å². The van der Waals surface area contributed by atoms with Crippen molar-refractivity contribution in [1.29, 1.82) is 0 Å². The van der Waals surface area contributed by atoms with Crippen LogP contribution in [-0.2, 0) is 9.59 Å². The molecule has 6 heteroatoms. The first kappa shape index (κ1) is 21.4. The van der Waals surface area contributed by atoms with Crippen LogP contribution >= 0.6 is 0 Å². The van der Waals surface area contributed by atoms with E-state index in [0.717, 1.165) is 5.56 Å². The first-order valence-electron chi connectivity index (χ1n) is 10.1. The molecule has 1 fully saturated rings. The van der Waals surface area contributed by atoms with Crippen molar-refractivity contribution in [2.45, 2.75) is 33.7 Å². The van der Waals surface area contributed by atoms with E-state index in [1.807, 2.05) is 32.9 Å². The normalized spacial score (nSPS) is 18.3. The molecule has 2 aromatic rings. The van der Waals surface area contributed by atoms with E-state index in [4.69, 9.17) is 4.74 Å². The number of aliphatic hydroxyl groups is 1. The second-order valence-electron chi connectivity index (χ2n) is 7.87. The number of Topliss-reactive ketones (excluding diaryl/α,β-unsaturated/α-hetero) is 1. The van der Waals surface area contributed by atoms with E-state index in [0.29, 0.717) is 24.3 Å². The minimum Gasteiger partial charge on any atom is -0.507 e. The molecule has 0 saturated carbocycles. The van der Waals surface area contributed by atoms with Gasteiger partial charge in [0.25, 0.3) is 11.7 Å². The highest BCUT2D eigenvalue weighted by Gasteiger charge is 2.46. The molecule has 1 atom stereocenters. The zero-order chi connectivity index (χ0) is 22.0. The number of hydrogen-bond donors (Lipinski definition) is 2. The Balaban J connectivity index is 2.20. The van der Waals surface area contributed by atoms with E-state index in [9.17, 15) is 19.8 Å². The zero-order valence-corrected chi connectivity index (χ0v) is 17.7. The summed E-state index contributed by atoms with van der Waals surface area (Å²) in [4.78, 5) is 27.3. The van der Waals surface area contributed by atoms with Crippen molar-refractivity contribution < 1.29 is 24.5 Å². The van der Waals surface area contributed by atoms with Gasteiger partial charge in [0.2, 0.25) is 0 Å². The van der Waals surface area contributed by atoms with Gasteiger partial charge in [0.1, 0.15) is 5.76 Å². The summed E-state index contributed by atoms with van der Waals surface area (Å²) in [6.45, 7) is 8.35. The van der Waals surface area contributed by atoms with E-state index in [1.54, 1.807) is 31.2 Å². The van der Waals surface area contributed by atoms with Gasteiger partial charge in [-0.3, -0.25) is 9.59 Å². The molecule has 0 aromatic heterocycles. The molecule has 1 heterocycles. The van der Waals surface area contributed by atoms with Crippen molar-refractivity contribution in [3.8, 4) is 11.5 Å². The number of likely N-dealkylation sites (tertiary alicyclic amines) is 1. The van der Waals surface area contributed by atoms with Crippen molar-refractivity contribution in [1.82, 2.24) is 4.90 Å². The van der Waals surface area contributed by atoms with Gasteiger partial charge in [-0.25, -0.2) is 0 Å². The number of hydrogen-bond acceptors (Lipinski definition) is 5. The fourth-order valence-corrected chi connectivity index (χ4v) is 3.65. The third-order valence-electron chi connectivity index (χ3n) is 5.03. The number of ether oxygens (including phenoxy) is 1. The molecule has 2 N–H and O–H groups in total. The summed E-state index contributed by atoms with van der Waals surface area (Å²) in [7, 11) is 0. The number of aromatic hydroxyl groups is 1. The average molecular weight is 409 g/mol. The predicted molar refractivity (Wildman–Crippen MR) is 114 cm³/mol. The molecule has 0 radical (unpaired) electrons. The highest BCUT2D eigenvalue weighted by Crippen LogP contribution is 2.42. The Labute approximate surface area is 176 Å². The lowest BCUT2D eigenvalue weighted by Gasteiger charge is -2.27. The maximum absolute atomic E-state index is 13.0. The number of carbonyl (C=O) groups excluding carboxylic acids is 2. The molecule has 1 aliphatic rings. The van der Waals surface area contributed by atoms with Crippen LogP contribution in [0.5, 0.6) is 11.5 Å². The minimum atomic E-state index is -0.770. The molecule has 3 rings (SSSR count). The SMILES string of the molecule is CCOc1cc([C@H]2C(=C(O)c3ccc(C)cc3)C(=O)C(=O)N2CC(C)C)ccc1O. The predicted octanol–water partition coefficient (Wildman–Crippen LogP) is 4.18. The Hall–Kier alpha value is -3.28. The zero-order valence-electron chi connectivity index (χ0n) is 17.7. The van der Waals surface area contributed by atoms with Crippen LogP contribution in [0.1, 0.15) is 43.5 Å². The number of rotatable bonds is 6. The van der Waals surface area contributed by atoms with Gasteiger partial charge < -0.3 is 19.8 Å². The molecule has 1 amide bonds. The van der Waals surface area contributed by atoms with Crippen LogP contribution in [0, 0.1) is 12.8 Å². The van der Waals surface area contributed by atoms with Crippen LogP contribution in [0.25, 0.3) is 5.76 Å². The molecule has 0 aliphatic carbocycles. The third kappa shape index (κ3) is 4.03. The summed E-state index contributed by atoms with van der Waals surface area (Å²) in [5.41, 5.74) is 2.11. The fraction of sp³-hybridized carbons (Fsp3) is 0.333. The highest BCUT2D eigenvalue weighted by molar-refractivity contribution is 6.46. The second kappa shape index (κ2) is 8.61. The number of phenolic OH excluding ortho intramolecular Hbond substituents is 1. The smallest absolute Gasteiger partial charge is 0.295 e. The van der Waals surface area contributed by atoms with Gasteiger partial charge in [-0.1, -0.05) is 49.7 Å². The summed E-state index contributed by atoms with van der Waals surface area (Å²) in [6, 6.07) is 11.1. The number of benzene rings is 2.